The van der Waals surface area contributed by atoms with Crippen LogP contribution in [0.25, 0.3) is 11.1 Å². The highest BCUT2D eigenvalue weighted by molar-refractivity contribution is 7.91. The maximum Gasteiger partial charge on any atom is 0.229 e. The number of aromatic nitrogens is 2. The Kier molecular flexibility index (Phi) is 5.25. The van der Waals surface area contributed by atoms with Crippen LogP contribution in [-0.4, -0.2) is 45.1 Å². The number of anilines is 2. The molecule has 1 atom stereocenters. The normalized spacial score (nSPS) is 17.8. The lowest BCUT2D eigenvalue weighted by Crippen LogP contribution is -2.49. The molecular weight excluding hydrogens is 422 g/mol. The minimum absolute atomic E-state index is 0.0510. The molecule has 1 N–H and O–H groups in total. The lowest BCUT2D eigenvalue weighted by atomic mass is 9.81. The smallest absolute Gasteiger partial charge is 0.229 e. The summed E-state index contributed by atoms with van der Waals surface area (Å²) in [5, 5.41) is 10.3. The molecule has 0 radical (unpaired) electrons. The molecule has 6 nitrogen and oxygen atoms in total. The molecule has 32 heavy (non-hydrogen) atoms. The standard InChI is InChI=1S/C25H27N3O3S/c1-4-32(30)20-8-9-21-22(11-20)28(14-25(21)15-31-16-25)23-26-12-18(13-27-23)17-6-5-7-19(10-17)24(2,3)29/h5-13,29H,4,14-16H2,1-3H3. The minimum Gasteiger partial charge on any atom is -0.611 e. The first kappa shape index (κ1) is 21.4. The third-order valence-corrected chi connectivity index (χ3v) is 7.66. The summed E-state index contributed by atoms with van der Waals surface area (Å²) in [6, 6.07) is 13.9. The molecule has 1 fully saturated rings. The van der Waals surface area contributed by atoms with Crippen LogP contribution < -0.4 is 4.90 Å². The zero-order valence-electron chi connectivity index (χ0n) is 18.5. The first-order valence-electron chi connectivity index (χ1n) is 10.8. The Morgan fingerprint density at radius 2 is 1.88 bits per heavy atom. The predicted octanol–water partition coefficient (Wildman–Crippen LogP) is 3.92. The van der Waals surface area contributed by atoms with Gasteiger partial charge in [0, 0.05) is 30.6 Å². The summed E-state index contributed by atoms with van der Waals surface area (Å²) in [5.74, 6) is 1.21. The molecule has 1 aromatic heterocycles. The first-order valence-corrected chi connectivity index (χ1v) is 12.2. The zero-order valence-corrected chi connectivity index (χ0v) is 19.4. The highest BCUT2D eigenvalue weighted by atomic mass is 32.2. The van der Waals surface area contributed by atoms with Crippen molar-refractivity contribution in [3.63, 3.8) is 0 Å². The molecule has 3 aromatic rings. The van der Waals surface area contributed by atoms with Gasteiger partial charge >= 0.3 is 0 Å². The van der Waals surface area contributed by atoms with Crippen LogP contribution in [0.4, 0.5) is 11.6 Å². The van der Waals surface area contributed by atoms with Crippen LogP contribution in [0.3, 0.4) is 0 Å². The Hall–Kier alpha value is -2.45. The van der Waals surface area contributed by atoms with Gasteiger partial charge < -0.3 is 19.3 Å². The molecule has 1 unspecified atom stereocenters. The Morgan fingerprint density at radius 3 is 2.50 bits per heavy atom. The summed E-state index contributed by atoms with van der Waals surface area (Å²) in [7, 11) is 0. The number of hydrogen-bond acceptors (Lipinski definition) is 6. The molecule has 0 saturated carbocycles. The Balaban J connectivity index is 1.49. The van der Waals surface area contributed by atoms with E-state index in [-0.39, 0.29) is 5.41 Å². The van der Waals surface area contributed by atoms with E-state index < -0.39 is 16.8 Å². The predicted molar refractivity (Wildman–Crippen MR) is 126 cm³/mol. The zero-order chi connectivity index (χ0) is 22.5. The summed E-state index contributed by atoms with van der Waals surface area (Å²) in [5.41, 5.74) is 3.96. The van der Waals surface area contributed by atoms with Gasteiger partial charge in [-0.25, -0.2) is 9.97 Å². The van der Waals surface area contributed by atoms with Crippen molar-refractivity contribution in [2.75, 3.05) is 30.4 Å². The SMILES string of the molecule is CC[S+]([O-])c1ccc2c(c1)N(c1ncc(-c3cccc(C(C)(C)O)c3)cn1)CC21COC1. The molecule has 3 heterocycles. The van der Waals surface area contributed by atoms with Gasteiger partial charge in [-0.3, -0.25) is 0 Å². The fourth-order valence-electron chi connectivity index (χ4n) is 4.43. The quantitative estimate of drug-likeness (QED) is 0.595. The second-order valence-corrected chi connectivity index (χ2v) is 10.8. The van der Waals surface area contributed by atoms with E-state index in [1.807, 2.05) is 55.7 Å². The number of fused-ring (bicyclic) bond motifs is 2. The van der Waals surface area contributed by atoms with Crippen molar-refractivity contribution in [2.45, 2.75) is 36.7 Å². The van der Waals surface area contributed by atoms with Crippen molar-refractivity contribution in [3.05, 3.63) is 66.0 Å². The monoisotopic (exact) mass is 449 g/mol. The van der Waals surface area contributed by atoms with Crippen LogP contribution in [0, 0.1) is 0 Å². The van der Waals surface area contributed by atoms with Crippen molar-refractivity contribution in [2.24, 2.45) is 0 Å². The molecule has 1 saturated heterocycles. The van der Waals surface area contributed by atoms with Crippen LogP contribution >= 0.6 is 0 Å². The lowest BCUT2D eigenvalue weighted by molar-refractivity contribution is -0.0507. The van der Waals surface area contributed by atoms with Gasteiger partial charge in [0.1, 0.15) is 5.75 Å². The molecular formula is C25H27N3O3S. The van der Waals surface area contributed by atoms with Gasteiger partial charge in [0.2, 0.25) is 5.95 Å². The van der Waals surface area contributed by atoms with E-state index in [0.717, 1.165) is 33.8 Å². The third-order valence-electron chi connectivity index (χ3n) is 6.36. The fourth-order valence-corrected chi connectivity index (χ4v) is 5.22. The summed E-state index contributed by atoms with van der Waals surface area (Å²) < 4.78 is 18.0. The number of benzene rings is 2. The van der Waals surface area contributed by atoms with Gasteiger partial charge in [-0.05, 0) is 60.8 Å². The number of rotatable bonds is 5. The second kappa shape index (κ2) is 7.85. The van der Waals surface area contributed by atoms with Gasteiger partial charge in [-0.15, -0.1) is 0 Å². The van der Waals surface area contributed by atoms with Crippen molar-refractivity contribution >= 4 is 22.8 Å². The van der Waals surface area contributed by atoms with E-state index in [9.17, 15) is 9.66 Å². The number of ether oxygens (including phenoxy) is 1. The summed E-state index contributed by atoms with van der Waals surface area (Å²) in [4.78, 5) is 12.3. The van der Waals surface area contributed by atoms with E-state index in [4.69, 9.17) is 4.74 Å². The van der Waals surface area contributed by atoms with Crippen molar-refractivity contribution in [1.82, 2.24) is 9.97 Å². The molecule has 2 aromatic carbocycles. The van der Waals surface area contributed by atoms with E-state index in [1.165, 1.54) is 5.56 Å². The van der Waals surface area contributed by atoms with Crippen molar-refractivity contribution in [3.8, 4) is 11.1 Å². The minimum atomic E-state index is -1.02. The largest absolute Gasteiger partial charge is 0.611 e. The maximum atomic E-state index is 12.4. The van der Waals surface area contributed by atoms with E-state index in [2.05, 4.69) is 20.9 Å². The third kappa shape index (κ3) is 3.59. The van der Waals surface area contributed by atoms with Gasteiger partial charge in [-0.1, -0.05) is 24.3 Å². The van der Waals surface area contributed by atoms with Crippen molar-refractivity contribution < 1.29 is 14.4 Å². The number of hydrogen-bond donors (Lipinski definition) is 1. The van der Waals surface area contributed by atoms with Crippen molar-refractivity contribution in [1.29, 1.82) is 0 Å². The van der Waals surface area contributed by atoms with E-state index >= 15 is 0 Å². The highest BCUT2D eigenvalue weighted by Gasteiger charge is 2.49. The molecule has 166 valence electrons. The Morgan fingerprint density at radius 1 is 1.12 bits per heavy atom. The Bertz CT molecular complexity index is 1140. The van der Waals surface area contributed by atoms with Crippen LogP contribution in [-0.2, 0) is 26.9 Å². The summed E-state index contributed by atoms with van der Waals surface area (Å²) in [6.07, 6.45) is 3.64. The van der Waals surface area contributed by atoms with Gasteiger partial charge in [0.25, 0.3) is 0 Å². The fraction of sp³-hybridized carbons (Fsp3) is 0.360. The average molecular weight is 450 g/mol. The number of aliphatic hydroxyl groups is 1. The lowest BCUT2D eigenvalue weighted by Gasteiger charge is -2.38. The first-order chi connectivity index (χ1) is 15.3. The average Bonchev–Trinajstić information content (AvgIpc) is 3.13. The summed E-state index contributed by atoms with van der Waals surface area (Å²) in [6.45, 7) is 7.57. The molecule has 0 amide bonds. The van der Waals surface area contributed by atoms with Crippen LogP contribution in [0.2, 0.25) is 0 Å². The topological polar surface area (TPSA) is 81.5 Å². The van der Waals surface area contributed by atoms with E-state index in [0.29, 0.717) is 24.9 Å². The molecule has 2 aliphatic heterocycles. The van der Waals surface area contributed by atoms with Crippen LogP contribution in [0.1, 0.15) is 31.9 Å². The molecule has 2 aliphatic rings. The maximum absolute atomic E-state index is 12.4. The molecule has 5 rings (SSSR count). The number of nitrogens with zero attached hydrogens (tertiary/aromatic N) is 3. The van der Waals surface area contributed by atoms with E-state index in [1.54, 1.807) is 13.8 Å². The van der Waals surface area contributed by atoms with Crippen LogP contribution in [0.15, 0.2) is 59.8 Å². The molecule has 7 heteroatoms. The van der Waals surface area contributed by atoms with Crippen LogP contribution in [0.5, 0.6) is 0 Å². The highest BCUT2D eigenvalue weighted by Crippen LogP contribution is 2.48. The second-order valence-electron chi connectivity index (χ2n) is 9.08. The molecule has 0 bridgehead atoms. The van der Waals surface area contributed by atoms with Gasteiger partial charge in [0.05, 0.1) is 29.9 Å². The van der Waals surface area contributed by atoms with Gasteiger partial charge in [0.15, 0.2) is 4.90 Å². The Labute approximate surface area is 191 Å². The summed E-state index contributed by atoms with van der Waals surface area (Å²) >= 11 is -1.02. The van der Waals surface area contributed by atoms with Gasteiger partial charge in [-0.2, -0.15) is 0 Å². The molecule has 1 spiro atoms. The molecule has 0 aliphatic carbocycles.